The molecule has 0 saturated carbocycles. The van der Waals surface area contributed by atoms with Gasteiger partial charge in [0.15, 0.2) is 0 Å². The Balaban J connectivity index is 3.33. The lowest BCUT2D eigenvalue weighted by molar-refractivity contribution is 0.161. The van der Waals surface area contributed by atoms with Gasteiger partial charge in [0.2, 0.25) is 5.60 Å². The van der Waals surface area contributed by atoms with Crippen molar-refractivity contribution in [2.75, 3.05) is 7.11 Å². The molecule has 0 atom stereocenters. The third kappa shape index (κ3) is 1.57. The Morgan fingerprint density at radius 1 is 1.29 bits per heavy atom. The number of rotatable bonds is 2. The molecular weight excluding hydrogens is 176 g/mol. The molecule has 70 valence electrons. The van der Waals surface area contributed by atoms with Crippen LogP contribution in [0.15, 0.2) is 24.3 Å². The van der Waals surface area contributed by atoms with Crippen LogP contribution in [0, 0.1) is 24.7 Å². The number of hydrogen-bond acceptors (Lipinski definition) is 2. The van der Waals surface area contributed by atoms with Crippen LogP contribution >= 0.6 is 0 Å². The van der Waals surface area contributed by atoms with Crippen LogP contribution in [0.2, 0.25) is 0 Å². The van der Waals surface area contributed by atoms with Crippen molar-refractivity contribution in [3.63, 3.8) is 0 Å². The number of para-hydroxylation sites is 1. The van der Waals surface area contributed by atoms with E-state index >= 15 is 0 Å². The molecule has 0 aliphatic heterocycles. The van der Waals surface area contributed by atoms with Gasteiger partial charge >= 0.3 is 0 Å². The quantitative estimate of drug-likeness (QED) is 0.702. The first kappa shape index (κ1) is 10.2. The molecule has 1 rings (SSSR count). The van der Waals surface area contributed by atoms with Crippen LogP contribution < -0.4 is 4.74 Å². The van der Waals surface area contributed by atoms with Gasteiger partial charge in [0.05, 0.1) is 12.7 Å². The number of terminal acetylenes is 2. The predicted octanol–water partition coefficient (Wildman–Crippen LogP) is 1.15. The Hall–Kier alpha value is -1.90. The zero-order valence-corrected chi connectivity index (χ0v) is 7.82. The van der Waals surface area contributed by atoms with Gasteiger partial charge in [-0.25, -0.2) is 0 Å². The van der Waals surface area contributed by atoms with E-state index < -0.39 is 5.60 Å². The molecule has 1 aromatic carbocycles. The maximum Gasteiger partial charge on any atom is 0.217 e. The highest BCUT2D eigenvalue weighted by Crippen LogP contribution is 2.28. The second-order valence-corrected chi connectivity index (χ2v) is 2.70. The van der Waals surface area contributed by atoms with Gasteiger partial charge in [-0.2, -0.15) is 0 Å². The van der Waals surface area contributed by atoms with Crippen LogP contribution in [0.4, 0.5) is 0 Å². The number of aliphatic hydroxyl groups is 1. The lowest BCUT2D eigenvalue weighted by Gasteiger charge is -2.18. The van der Waals surface area contributed by atoms with Crippen LogP contribution in [0.25, 0.3) is 0 Å². The van der Waals surface area contributed by atoms with Gasteiger partial charge in [-0.05, 0) is 6.07 Å². The number of ether oxygens (including phenoxy) is 1. The number of methoxy groups -OCH3 is 1. The smallest absolute Gasteiger partial charge is 0.217 e. The molecular formula is C12H10O2. The highest BCUT2D eigenvalue weighted by molar-refractivity contribution is 5.47. The largest absolute Gasteiger partial charge is 0.496 e. The van der Waals surface area contributed by atoms with E-state index in [-0.39, 0.29) is 0 Å². The average Bonchev–Trinajstić information content (AvgIpc) is 2.28. The highest BCUT2D eigenvalue weighted by Gasteiger charge is 2.26. The van der Waals surface area contributed by atoms with Gasteiger partial charge in [-0.15, -0.1) is 12.8 Å². The van der Waals surface area contributed by atoms with E-state index in [2.05, 4.69) is 11.8 Å². The minimum atomic E-state index is -1.70. The fourth-order valence-corrected chi connectivity index (χ4v) is 1.14. The normalized spacial score (nSPS) is 10.0. The topological polar surface area (TPSA) is 29.5 Å². The fraction of sp³-hybridized carbons (Fsp3) is 0.167. The summed E-state index contributed by atoms with van der Waals surface area (Å²) in [4.78, 5) is 0. The molecule has 0 unspecified atom stereocenters. The third-order valence-corrected chi connectivity index (χ3v) is 1.91. The molecule has 2 heteroatoms. The third-order valence-electron chi connectivity index (χ3n) is 1.91. The molecule has 1 N–H and O–H groups in total. The van der Waals surface area contributed by atoms with E-state index in [1.165, 1.54) is 7.11 Å². The van der Waals surface area contributed by atoms with Crippen molar-refractivity contribution in [1.82, 2.24) is 0 Å². The fourth-order valence-electron chi connectivity index (χ4n) is 1.14. The molecule has 0 saturated heterocycles. The van der Waals surface area contributed by atoms with E-state index in [0.29, 0.717) is 11.3 Å². The van der Waals surface area contributed by atoms with Crippen LogP contribution in [-0.4, -0.2) is 12.2 Å². The van der Waals surface area contributed by atoms with Crippen molar-refractivity contribution in [3.8, 4) is 30.4 Å². The number of benzene rings is 1. The summed E-state index contributed by atoms with van der Waals surface area (Å²) in [6.45, 7) is 0. The summed E-state index contributed by atoms with van der Waals surface area (Å²) in [5.41, 5.74) is -1.29. The van der Waals surface area contributed by atoms with Crippen LogP contribution in [0.3, 0.4) is 0 Å². The Bertz CT molecular complexity index is 393. The van der Waals surface area contributed by atoms with Gasteiger partial charge < -0.3 is 9.84 Å². The molecule has 0 heterocycles. The molecule has 0 radical (unpaired) electrons. The van der Waals surface area contributed by atoms with Gasteiger partial charge in [0.25, 0.3) is 0 Å². The van der Waals surface area contributed by atoms with E-state index in [9.17, 15) is 5.11 Å². The molecule has 14 heavy (non-hydrogen) atoms. The first-order valence-electron chi connectivity index (χ1n) is 3.99. The zero-order valence-electron chi connectivity index (χ0n) is 7.82. The summed E-state index contributed by atoms with van der Waals surface area (Å²) in [5.74, 6) is 4.79. The summed E-state index contributed by atoms with van der Waals surface area (Å²) in [6, 6.07) is 6.83. The van der Waals surface area contributed by atoms with Crippen molar-refractivity contribution in [1.29, 1.82) is 0 Å². The number of hydrogen-bond donors (Lipinski definition) is 1. The Morgan fingerprint density at radius 3 is 2.36 bits per heavy atom. The molecule has 0 spiro atoms. The Labute approximate surface area is 83.5 Å². The summed E-state index contributed by atoms with van der Waals surface area (Å²) < 4.78 is 5.04. The molecule has 0 bridgehead atoms. The first-order chi connectivity index (χ1) is 6.68. The standard InChI is InChI=1S/C12H10O2/c1-4-12(13,5-2)10-8-6-7-9-11(10)14-3/h1-2,6-9,13H,3H3. The van der Waals surface area contributed by atoms with Crippen molar-refractivity contribution in [3.05, 3.63) is 29.8 Å². The Morgan fingerprint density at radius 2 is 1.86 bits per heavy atom. The second-order valence-electron chi connectivity index (χ2n) is 2.70. The first-order valence-corrected chi connectivity index (χ1v) is 3.99. The lowest BCUT2D eigenvalue weighted by atomic mass is 9.95. The molecule has 2 nitrogen and oxygen atoms in total. The zero-order chi connectivity index (χ0) is 10.6. The SMILES string of the molecule is C#CC(O)(C#C)c1ccccc1OC. The van der Waals surface area contributed by atoms with Gasteiger partial charge in [0, 0.05) is 0 Å². The molecule has 0 aromatic heterocycles. The van der Waals surface area contributed by atoms with Gasteiger partial charge in [0.1, 0.15) is 5.75 Å². The van der Waals surface area contributed by atoms with Crippen molar-refractivity contribution in [2.24, 2.45) is 0 Å². The second kappa shape index (κ2) is 3.87. The molecule has 1 aromatic rings. The minimum absolute atomic E-state index is 0.410. The van der Waals surface area contributed by atoms with Crippen LogP contribution in [-0.2, 0) is 5.60 Å². The minimum Gasteiger partial charge on any atom is -0.496 e. The van der Waals surface area contributed by atoms with Crippen molar-refractivity contribution < 1.29 is 9.84 Å². The predicted molar refractivity (Wildman–Crippen MR) is 54.6 cm³/mol. The van der Waals surface area contributed by atoms with E-state index in [1.54, 1.807) is 24.3 Å². The monoisotopic (exact) mass is 186 g/mol. The lowest BCUT2D eigenvalue weighted by Crippen LogP contribution is -2.21. The Kier molecular flexibility index (Phi) is 2.82. The summed E-state index contributed by atoms with van der Waals surface area (Å²) >= 11 is 0. The van der Waals surface area contributed by atoms with E-state index in [1.807, 2.05) is 0 Å². The molecule has 0 aliphatic carbocycles. The summed E-state index contributed by atoms with van der Waals surface area (Å²) in [7, 11) is 1.49. The van der Waals surface area contributed by atoms with Crippen molar-refractivity contribution in [2.45, 2.75) is 5.60 Å². The van der Waals surface area contributed by atoms with Gasteiger partial charge in [-0.1, -0.05) is 30.0 Å². The summed E-state index contributed by atoms with van der Waals surface area (Å²) in [6.07, 6.45) is 10.4. The van der Waals surface area contributed by atoms with Crippen LogP contribution in [0.5, 0.6) is 5.75 Å². The maximum atomic E-state index is 9.86. The molecule has 0 amide bonds. The van der Waals surface area contributed by atoms with Gasteiger partial charge in [-0.3, -0.25) is 0 Å². The van der Waals surface area contributed by atoms with Crippen molar-refractivity contribution >= 4 is 0 Å². The molecule has 0 aliphatic rings. The maximum absolute atomic E-state index is 9.86. The van der Waals surface area contributed by atoms with E-state index in [0.717, 1.165) is 0 Å². The average molecular weight is 186 g/mol. The summed E-state index contributed by atoms with van der Waals surface area (Å²) in [5, 5.41) is 9.86. The van der Waals surface area contributed by atoms with Crippen LogP contribution in [0.1, 0.15) is 5.56 Å². The highest BCUT2D eigenvalue weighted by atomic mass is 16.5. The van der Waals surface area contributed by atoms with E-state index in [4.69, 9.17) is 17.6 Å². The molecule has 0 fully saturated rings.